The molecule has 0 aliphatic heterocycles. The van der Waals surface area contributed by atoms with Crippen LogP contribution < -0.4 is 4.72 Å². The van der Waals surface area contributed by atoms with Crippen LogP contribution in [0.25, 0.3) is 0 Å². The minimum Gasteiger partial charge on any atom is -0.465 e. The van der Waals surface area contributed by atoms with Crippen LogP contribution in [0.2, 0.25) is 0 Å². The highest BCUT2D eigenvalue weighted by atomic mass is 32.2. The van der Waals surface area contributed by atoms with Crippen molar-refractivity contribution in [3.05, 3.63) is 59.4 Å². The predicted molar refractivity (Wildman–Crippen MR) is 78.4 cm³/mol. The van der Waals surface area contributed by atoms with Gasteiger partial charge in [-0.15, -0.1) is 0 Å². The number of benzene rings is 2. The first kappa shape index (κ1) is 14.4. The summed E-state index contributed by atoms with van der Waals surface area (Å²) in [6, 6.07) is 11.9. The molecule has 1 N–H and O–H groups in total. The highest BCUT2D eigenvalue weighted by molar-refractivity contribution is 8.00. The Bertz CT molecular complexity index is 614. The van der Waals surface area contributed by atoms with E-state index in [1.165, 1.54) is 30.7 Å². The van der Waals surface area contributed by atoms with Crippen LogP contribution in [0.4, 0.5) is 10.1 Å². The Balaban J connectivity index is 2.11. The van der Waals surface area contributed by atoms with E-state index in [1.807, 2.05) is 31.2 Å². The first-order valence-electron chi connectivity index (χ1n) is 5.97. The van der Waals surface area contributed by atoms with Crippen LogP contribution in [0.1, 0.15) is 15.9 Å². The number of aryl methyl sites for hydroxylation is 1. The molecule has 0 atom stereocenters. The third-order valence-electron chi connectivity index (χ3n) is 2.63. The van der Waals surface area contributed by atoms with Gasteiger partial charge in [0.1, 0.15) is 5.82 Å². The Labute approximate surface area is 121 Å². The van der Waals surface area contributed by atoms with Gasteiger partial charge in [0.2, 0.25) is 0 Å². The number of nitrogens with one attached hydrogen (secondary N) is 1. The molecular weight excluding hydrogens is 277 g/mol. The molecule has 0 amide bonds. The number of rotatable bonds is 4. The van der Waals surface area contributed by atoms with Crippen LogP contribution in [-0.4, -0.2) is 13.1 Å². The minimum absolute atomic E-state index is 0.180. The lowest BCUT2D eigenvalue weighted by Crippen LogP contribution is -2.02. The van der Waals surface area contributed by atoms with Crippen molar-refractivity contribution in [2.24, 2.45) is 0 Å². The largest absolute Gasteiger partial charge is 0.465 e. The van der Waals surface area contributed by atoms with Crippen LogP contribution in [0, 0.1) is 12.7 Å². The summed E-state index contributed by atoms with van der Waals surface area (Å²) < 4.78 is 21.0. The summed E-state index contributed by atoms with van der Waals surface area (Å²) in [7, 11) is 1.27. The van der Waals surface area contributed by atoms with Crippen molar-refractivity contribution in [2.45, 2.75) is 11.8 Å². The van der Waals surface area contributed by atoms with Crippen LogP contribution >= 0.6 is 11.9 Å². The van der Waals surface area contributed by atoms with Crippen LogP contribution in [0.3, 0.4) is 0 Å². The molecule has 0 bridgehead atoms. The molecule has 2 aromatic carbocycles. The number of carbonyl (C=O) groups is 1. The van der Waals surface area contributed by atoms with Gasteiger partial charge in [0, 0.05) is 10.6 Å². The second-order valence-corrected chi connectivity index (χ2v) is 5.12. The van der Waals surface area contributed by atoms with E-state index in [-0.39, 0.29) is 5.56 Å². The van der Waals surface area contributed by atoms with E-state index in [0.717, 1.165) is 11.0 Å². The van der Waals surface area contributed by atoms with Gasteiger partial charge in [-0.3, -0.25) is 0 Å². The number of halogens is 1. The first-order chi connectivity index (χ1) is 9.58. The normalized spacial score (nSPS) is 10.2. The zero-order valence-electron chi connectivity index (χ0n) is 11.1. The smallest absolute Gasteiger partial charge is 0.338 e. The molecule has 3 nitrogen and oxygen atoms in total. The highest BCUT2D eigenvalue weighted by Gasteiger charge is 2.09. The van der Waals surface area contributed by atoms with Crippen molar-refractivity contribution in [1.29, 1.82) is 0 Å². The van der Waals surface area contributed by atoms with Gasteiger partial charge in [0.15, 0.2) is 0 Å². The third-order valence-corrected chi connectivity index (χ3v) is 3.47. The Morgan fingerprint density at radius 2 is 1.90 bits per heavy atom. The number of esters is 1. The van der Waals surface area contributed by atoms with Gasteiger partial charge in [-0.25, -0.2) is 9.18 Å². The fraction of sp³-hybridized carbons (Fsp3) is 0.133. The first-order valence-corrected chi connectivity index (χ1v) is 6.78. The lowest BCUT2D eigenvalue weighted by molar-refractivity contribution is 0.0600. The second-order valence-electron chi connectivity index (χ2n) is 4.24. The maximum atomic E-state index is 13.4. The summed E-state index contributed by atoms with van der Waals surface area (Å²) in [6.45, 7) is 2.01. The molecule has 0 aromatic heterocycles. The van der Waals surface area contributed by atoms with Crippen molar-refractivity contribution >= 4 is 23.6 Å². The Hall–Kier alpha value is -2.01. The fourth-order valence-corrected chi connectivity index (χ4v) is 2.23. The monoisotopic (exact) mass is 291 g/mol. The summed E-state index contributed by atoms with van der Waals surface area (Å²) in [5.41, 5.74) is 1.86. The molecule has 0 fully saturated rings. The van der Waals surface area contributed by atoms with Gasteiger partial charge in [0.05, 0.1) is 12.7 Å². The number of hydrogen-bond donors (Lipinski definition) is 1. The highest BCUT2D eigenvalue weighted by Crippen LogP contribution is 2.23. The molecule has 0 radical (unpaired) electrons. The molecule has 0 aliphatic rings. The zero-order valence-corrected chi connectivity index (χ0v) is 12.0. The van der Waals surface area contributed by atoms with E-state index in [2.05, 4.69) is 9.46 Å². The van der Waals surface area contributed by atoms with E-state index in [4.69, 9.17) is 0 Å². The maximum Gasteiger partial charge on any atom is 0.338 e. The zero-order chi connectivity index (χ0) is 14.5. The van der Waals surface area contributed by atoms with Crippen LogP contribution in [0.5, 0.6) is 0 Å². The quantitative estimate of drug-likeness (QED) is 0.681. The molecule has 0 saturated carbocycles. The van der Waals surface area contributed by atoms with Crippen molar-refractivity contribution in [3.63, 3.8) is 0 Å². The lowest BCUT2D eigenvalue weighted by Gasteiger charge is -2.08. The summed E-state index contributed by atoms with van der Waals surface area (Å²) in [5.74, 6) is -1.05. The summed E-state index contributed by atoms with van der Waals surface area (Å²) in [5, 5.41) is 0. The van der Waals surface area contributed by atoms with Gasteiger partial charge in [-0.1, -0.05) is 17.7 Å². The summed E-state index contributed by atoms with van der Waals surface area (Å²) in [4.78, 5) is 12.4. The van der Waals surface area contributed by atoms with E-state index < -0.39 is 11.8 Å². The molecule has 2 aromatic rings. The SMILES string of the molecule is COC(=O)c1cc(F)cc(NSc2ccc(C)cc2)c1. The predicted octanol–water partition coefficient (Wildman–Crippen LogP) is 4.04. The molecule has 0 heterocycles. The van der Waals surface area contributed by atoms with Crippen LogP contribution in [0.15, 0.2) is 47.4 Å². The lowest BCUT2D eigenvalue weighted by atomic mass is 10.2. The molecule has 2 rings (SSSR count). The van der Waals surface area contributed by atoms with Gasteiger partial charge in [0.25, 0.3) is 0 Å². The topological polar surface area (TPSA) is 38.3 Å². The number of anilines is 1. The molecular formula is C15H14FNO2S. The van der Waals surface area contributed by atoms with E-state index in [1.54, 1.807) is 6.07 Å². The fourth-order valence-electron chi connectivity index (χ4n) is 1.61. The second kappa shape index (κ2) is 6.43. The molecule has 0 saturated heterocycles. The maximum absolute atomic E-state index is 13.4. The minimum atomic E-state index is -0.562. The van der Waals surface area contributed by atoms with Crippen molar-refractivity contribution in [3.8, 4) is 0 Å². The standard InChI is InChI=1S/C15H14FNO2S/c1-10-3-5-14(6-4-10)20-17-13-8-11(15(18)19-2)7-12(16)9-13/h3-9,17H,1-2H3. The van der Waals surface area contributed by atoms with Crippen molar-refractivity contribution in [1.82, 2.24) is 0 Å². The molecule has 0 unspecified atom stereocenters. The molecule has 0 spiro atoms. The number of carbonyl (C=O) groups excluding carboxylic acids is 1. The molecule has 5 heteroatoms. The molecule has 0 aliphatic carbocycles. The van der Waals surface area contributed by atoms with Gasteiger partial charge in [-0.05, 0) is 49.2 Å². The average molecular weight is 291 g/mol. The summed E-state index contributed by atoms with van der Waals surface area (Å²) >= 11 is 1.35. The van der Waals surface area contributed by atoms with Crippen molar-refractivity contribution in [2.75, 3.05) is 11.8 Å². The van der Waals surface area contributed by atoms with E-state index >= 15 is 0 Å². The van der Waals surface area contributed by atoms with E-state index in [9.17, 15) is 9.18 Å². The Morgan fingerprint density at radius 1 is 1.20 bits per heavy atom. The number of ether oxygens (including phenoxy) is 1. The molecule has 104 valence electrons. The van der Waals surface area contributed by atoms with Gasteiger partial charge < -0.3 is 9.46 Å². The molecule has 20 heavy (non-hydrogen) atoms. The Kier molecular flexibility index (Phi) is 4.63. The van der Waals surface area contributed by atoms with Crippen LogP contribution in [-0.2, 0) is 4.74 Å². The third kappa shape index (κ3) is 3.74. The Morgan fingerprint density at radius 3 is 2.55 bits per heavy atom. The average Bonchev–Trinajstić information content (AvgIpc) is 2.45. The summed E-state index contributed by atoms with van der Waals surface area (Å²) in [6.07, 6.45) is 0. The van der Waals surface area contributed by atoms with E-state index in [0.29, 0.717) is 5.69 Å². The number of hydrogen-bond acceptors (Lipinski definition) is 4. The van der Waals surface area contributed by atoms with Crippen molar-refractivity contribution < 1.29 is 13.9 Å². The van der Waals surface area contributed by atoms with Gasteiger partial charge in [-0.2, -0.15) is 0 Å². The number of methoxy groups -OCH3 is 1. The van der Waals surface area contributed by atoms with Gasteiger partial charge >= 0.3 is 5.97 Å².